The highest BCUT2D eigenvalue weighted by atomic mass is 16.7. The minimum Gasteiger partial charge on any atom is -0.466 e. The van der Waals surface area contributed by atoms with Crippen LogP contribution in [0, 0.1) is 17.8 Å². The Bertz CT molecular complexity index is 832. The third kappa shape index (κ3) is 5.94. The first-order chi connectivity index (χ1) is 15.7. The van der Waals surface area contributed by atoms with Crippen LogP contribution >= 0.6 is 0 Å². The summed E-state index contributed by atoms with van der Waals surface area (Å²) in [6.07, 6.45) is -4.11. The largest absolute Gasteiger partial charge is 0.509 e. The Kier molecular flexibility index (Phi) is 8.48. The van der Waals surface area contributed by atoms with Gasteiger partial charge < -0.3 is 28.8 Å². The van der Waals surface area contributed by atoms with Crippen molar-refractivity contribution in [3.8, 4) is 11.8 Å². The van der Waals surface area contributed by atoms with Gasteiger partial charge in [-0.25, -0.2) is 9.59 Å². The zero-order valence-electron chi connectivity index (χ0n) is 21.3. The van der Waals surface area contributed by atoms with E-state index in [0.29, 0.717) is 0 Å². The van der Waals surface area contributed by atoms with Crippen LogP contribution in [0.2, 0.25) is 0 Å². The molecule has 0 aromatic heterocycles. The number of carbonyl (C=O) groups excluding carboxylic acids is 3. The Morgan fingerprint density at radius 1 is 1.12 bits per heavy atom. The number of carbonyl (C=O) groups is 3. The van der Waals surface area contributed by atoms with Crippen molar-refractivity contribution >= 4 is 18.2 Å². The number of esters is 1. The topological polar surface area (TPSA) is 121 Å². The van der Waals surface area contributed by atoms with E-state index in [0.717, 1.165) is 0 Å². The summed E-state index contributed by atoms with van der Waals surface area (Å²) in [5.74, 6) is 4.80. The van der Waals surface area contributed by atoms with Crippen molar-refractivity contribution < 1.29 is 43.2 Å². The van der Waals surface area contributed by atoms with Crippen molar-refractivity contribution in [3.63, 3.8) is 0 Å². The lowest BCUT2D eigenvalue weighted by Gasteiger charge is -2.65. The van der Waals surface area contributed by atoms with E-state index in [4.69, 9.17) is 23.7 Å². The lowest BCUT2D eigenvalue weighted by molar-refractivity contribution is -0.251. The average molecular weight is 484 g/mol. The van der Waals surface area contributed by atoms with E-state index in [1.807, 2.05) is 0 Å². The van der Waals surface area contributed by atoms with Crippen molar-refractivity contribution in [1.29, 1.82) is 0 Å². The molecule has 2 heterocycles. The first kappa shape index (κ1) is 27.7. The van der Waals surface area contributed by atoms with E-state index in [9.17, 15) is 19.5 Å². The molecular formula is C24H37NO9. The second-order valence-corrected chi connectivity index (χ2v) is 10.3. The smallest absolute Gasteiger partial charge is 0.466 e. The number of fused-ring (bicyclic) bond motifs is 1. The SMILES string of the molecule is CC#C[C@]12[C@H](CO[C@@H](CC(=O)OCC)[C@@H]1OC(=O)OC(C)(C)C)[C@H](CO)N2C(=O)OC(C)(C)C. The van der Waals surface area contributed by atoms with Gasteiger partial charge in [-0.3, -0.25) is 9.69 Å². The Labute approximate surface area is 201 Å². The maximum atomic E-state index is 13.3. The predicted octanol–water partition coefficient (Wildman–Crippen LogP) is 2.65. The van der Waals surface area contributed by atoms with E-state index in [-0.39, 0.29) is 26.2 Å². The second kappa shape index (κ2) is 10.4. The monoisotopic (exact) mass is 483 g/mol. The van der Waals surface area contributed by atoms with Gasteiger partial charge >= 0.3 is 18.2 Å². The third-order valence-corrected chi connectivity index (χ3v) is 5.41. The molecule has 2 aliphatic rings. The lowest BCUT2D eigenvalue weighted by Crippen LogP contribution is -2.84. The predicted molar refractivity (Wildman–Crippen MR) is 121 cm³/mol. The molecule has 10 nitrogen and oxygen atoms in total. The van der Waals surface area contributed by atoms with E-state index in [2.05, 4.69) is 11.8 Å². The van der Waals surface area contributed by atoms with Crippen molar-refractivity contribution in [3.05, 3.63) is 0 Å². The van der Waals surface area contributed by atoms with Crippen molar-refractivity contribution in [2.45, 2.75) is 96.8 Å². The molecule has 192 valence electrons. The molecule has 2 fully saturated rings. The van der Waals surface area contributed by atoms with Crippen molar-refractivity contribution in [2.24, 2.45) is 5.92 Å². The number of ether oxygens (including phenoxy) is 5. The summed E-state index contributed by atoms with van der Waals surface area (Å²) < 4.78 is 27.6. The number of likely N-dealkylation sites (tertiary alicyclic amines) is 1. The molecule has 1 N–H and O–H groups in total. The number of aliphatic hydroxyl groups excluding tert-OH is 1. The Morgan fingerprint density at radius 2 is 1.74 bits per heavy atom. The van der Waals surface area contributed by atoms with Crippen LogP contribution in [0.3, 0.4) is 0 Å². The Hall–Kier alpha value is -2.51. The molecule has 0 aromatic rings. The van der Waals surface area contributed by atoms with Crippen LogP contribution in [0.15, 0.2) is 0 Å². The lowest BCUT2D eigenvalue weighted by atomic mass is 9.62. The number of hydrogen-bond acceptors (Lipinski definition) is 9. The van der Waals surface area contributed by atoms with Gasteiger partial charge in [0.05, 0.1) is 32.3 Å². The number of aliphatic hydroxyl groups is 1. The summed E-state index contributed by atoms with van der Waals surface area (Å²) in [5.41, 5.74) is -3.05. The molecule has 5 atom stereocenters. The molecule has 0 unspecified atom stereocenters. The molecule has 0 bridgehead atoms. The van der Waals surface area contributed by atoms with Gasteiger partial charge in [-0.1, -0.05) is 5.92 Å². The van der Waals surface area contributed by atoms with E-state index >= 15 is 0 Å². The van der Waals surface area contributed by atoms with Gasteiger partial charge in [0.25, 0.3) is 0 Å². The second-order valence-electron chi connectivity index (χ2n) is 10.3. The number of amides is 1. The van der Waals surface area contributed by atoms with Crippen molar-refractivity contribution in [1.82, 2.24) is 4.90 Å². The van der Waals surface area contributed by atoms with E-state index in [1.54, 1.807) is 55.4 Å². The molecule has 2 aliphatic heterocycles. The molecule has 0 spiro atoms. The van der Waals surface area contributed by atoms with Gasteiger partial charge in [0, 0.05) is 5.92 Å². The normalized spacial score (nSPS) is 28.4. The quantitative estimate of drug-likeness (QED) is 0.357. The molecular weight excluding hydrogens is 446 g/mol. The number of rotatable bonds is 5. The Morgan fingerprint density at radius 3 is 2.24 bits per heavy atom. The van der Waals surface area contributed by atoms with Crippen LogP contribution < -0.4 is 0 Å². The zero-order chi connectivity index (χ0) is 25.9. The molecule has 0 saturated carbocycles. The van der Waals surface area contributed by atoms with Gasteiger partial charge in [-0.05, 0) is 55.4 Å². The third-order valence-electron chi connectivity index (χ3n) is 5.41. The summed E-state index contributed by atoms with van der Waals surface area (Å²) in [7, 11) is 0. The van der Waals surface area contributed by atoms with Crippen LogP contribution in [0.5, 0.6) is 0 Å². The van der Waals surface area contributed by atoms with Gasteiger partial charge in [0.1, 0.15) is 17.3 Å². The van der Waals surface area contributed by atoms with Crippen molar-refractivity contribution in [2.75, 3.05) is 19.8 Å². The molecule has 0 aromatic carbocycles. The maximum Gasteiger partial charge on any atom is 0.509 e. The zero-order valence-corrected chi connectivity index (χ0v) is 21.3. The molecule has 2 rings (SSSR count). The molecule has 2 saturated heterocycles. The first-order valence-corrected chi connectivity index (χ1v) is 11.4. The first-order valence-electron chi connectivity index (χ1n) is 11.4. The summed E-state index contributed by atoms with van der Waals surface area (Å²) in [6.45, 7) is 13.4. The van der Waals surface area contributed by atoms with Crippen LogP contribution in [-0.4, -0.2) is 83.0 Å². The fourth-order valence-electron chi connectivity index (χ4n) is 4.35. The molecule has 0 radical (unpaired) electrons. The summed E-state index contributed by atoms with van der Waals surface area (Å²) in [6, 6.07) is -0.677. The van der Waals surface area contributed by atoms with Gasteiger partial charge in [0.15, 0.2) is 11.6 Å². The molecule has 1 amide bonds. The van der Waals surface area contributed by atoms with Crippen LogP contribution in [0.4, 0.5) is 9.59 Å². The number of hydrogen-bond donors (Lipinski definition) is 1. The highest BCUT2D eigenvalue weighted by molar-refractivity contribution is 5.74. The van der Waals surface area contributed by atoms with Gasteiger partial charge in [-0.15, -0.1) is 5.92 Å². The highest BCUT2D eigenvalue weighted by Gasteiger charge is 2.71. The van der Waals surface area contributed by atoms with E-state index < -0.39 is 59.1 Å². The Balaban J connectivity index is 2.54. The van der Waals surface area contributed by atoms with Crippen LogP contribution in [0.1, 0.15) is 61.8 Å². The molecule has 10 heteroatoms. The van der Waals surface area contributed by atoms with Crippen LogP contribution in [-0.2, 0) is 28.5 Å². The van der Waals surface area contributed by atoms with E-state index in [1.165, 1.54) is 4.90 Å². The fraction of sp³-hybridized carbons (Fsp3) is 0.792. The van der Waals surface area contributed by atoms with Gasteiger partial charge in [0.2, 0.25) is 0 Å². The number of nitrogens with zero attached hydrogens (tertiary/aromatic N) is 1. The summed E-state index contributed by atoms with van der Waals surface area (Å²) >= 11 is 0. The molecule has 34 heavy (non-hydrogen) atoms. The van der Waals surface area contributed by atoms with Gasteiger partial charge in [-0.2, -0.15) is 0 Å². The summed E-state index contributed by atoms with van der Waals surface area (Å²) in [4.78, 5) is 39.6. The average Bonchev–Trinajstić information content (AvgIpc) is 2.64. The van der Waals surface area contributed by atoms with Crippen LogP contribution in [0.25, 0.3) is 0 Å². The minimum atomic E-state index is -1.39. The maximum absolute atomic E-state index is 13.3. The minimum absolute atomic E-state index is 0.0808. The summed E-state index contributed by atoms with van der Waals surface area (Å²) in [5, 5.41) is 10.1. The standard InChI is InChI=1S/C24H37NO9/c1-9-11-24-15(16(13-26)25(24)20(28)33-22(3,4)5)14-31-17(12-18(27)30-10-2)19(24)32-21(29)34-23(6,7)8/h15-17,19,26H,10,12-14H2,1-8H3/t15-,16+,17+,19+,24+/m1/s1. The molecule has 0 aliphatic carbocycles. The fourth-order valence-corrected chi connectivity index (χ4v) is 4.35. The highest BCUT2D eigenvalue weighted by Crippen LogP contribution is 2.51.